The van der Waals surface area contributed by atoms with Crippen molar-refractivity contribution < 1.29 is 4.79 Å². The molecule has 0 radical (unpaired) electrons. The Morgan fingerprint density at radius 3 is 2.32 bits per heavy atom. The first kappa shape index (κ1) is 19.9. The predicted octanol–water partition coefficient (Wildman–Crippen LogP) is 5.55. The van der Waals surface area contributed by atoms with Gasteiger partial charge < -0.3 is 9.88 Å². The van der Waals surface area contributed by atoms with E-state index in [4.69, 9.17) is 0 Å². The van der Waals surface area contributed by atoms with Crippen molar-refractivity contribution in [2.75, 3.05) is 5.32 Å². The van der Waals surface area contributed by atoms with E-state index < -0.39 is 5.91 Å². The normalized spacial score (nSPS) is 11.2. The van der Waals surface area contributed by atoms with Crippen molar-refractivity contribution >= 4 is 40.3 Å². The van der Waals surface area contributed by atoms with Crippen molar-refractivity contribution in [2.45, 2.75) is 20.8 Å². The SMILES string of the molecule is Cc1ccc(-n2c(C)cc(/C=C(\C#N)C(=O)Nc3ccc(I)cc3)c2C)cc1. The van der Waals surface area contributed by atoms with Crippen molar-refractivity contribution in [1.29, 1.82) is 5.26 Å². The lowest BCUT2D eigenvalue weighted by Crippen LogP contribution is -2.13. The number of nitriles is 1. The van der Waals surface area contributed by atoms with Gasteiger partial charge in [-0.3, -0.25) is 4.79 Å². The minimum Gasteiger partial charge on any atom is -0.321 e. The Kier molecular flexibility index (Phi) is 6.00. The molecule has 2 aromatic carbocycles. The molecule has 1 aromatic heterocycles. The number of hydrogen-bond donors (Lipinski definition) is 1. The largest absolute Gasteiger partial charge is 0.321 e. The molecule has 0 aliphatic heterocycles. The number of nitrogens with one attached hydrogen (secondary N) is 1. The number of carbonyl (C=O) groups excluding carboxylic acids is 1. The summed E-state index contributed by atoms with van der Waals surface area (Å²) in [5, 5.41) is 12.3. The molecule has 1 amide bonds. The highest BCUT2D eigenvalue weighted by Crippen LogP contribution is 2.23. The molecule has 0 bridgehead atoms. The third-order valence-corrected chi connectivity index (χ3v) is 5.25. The Morgan fingerprint density at radius 2 is 1.71 bits per heavy atom. The standard InChI is InChI=1S/C23H20IN3O/c1-15-4-10-22(11-5-15)27-16(2)12-18(17(27)3)13-19(14-25)23(28)26-21-8-6-20(24)7-9-21/h4-13H,1-3H3,(H,26,28)/b19-13+. The molecule has 28 heavy (non-hydrogen) atoms. The highest BCUT2D eigenvalue weighted by Gasteiger charge is 2.14. The molecular formula is C23H20IN3O. The zero-order valence-corrected chi connectivity index (χ0v) is 18.1. The second-order valence-corrected chi connectivity index (χ2v) is 7.87. The second kappa shape index (κ2) is 8.44. The Morgan fingerprint density at radius 1 is 1.07 bits per heavy atom. The van der Waals surface area contributed by atoms with Gasteiger partial charge in [-0.05, 0) is 97.5 Å². The van der Waals surface area contributed by atoms with E-state index in [2.05, 4.69) is 63.7 Å². The highest BCUT2D eigenvalue weighted by molar-refractivity contribution is 14.1. The van der Waals surface area contributed by atoms with Gasteiger partial charge in [0.1, 0.15) is 11.6 Å². The molecule has 1 heterocycles. The molecule has 0 saturated heterocycles. The molecule has 1 N–H and O–H groups in total. The van der Waals surface area contributed by atoms with Crippen LogP contribution in [0.4, 0.5) is 5.69 Å². The number of amides is 1. The van der Waals surface area contributed by atoms with Crippen molar-refractivity contribution in [3.63, 3.8) is 0 Å². The number of benzene rings is 2. The number of rotatable bonds is 4. The van der Waals surface area contributed by atoms with Gasteiger partial charge in [-0.15, -0.1) is 0 Å². The molecule has 3 rings (SSSR count). The first-order valence-electron chi connectivity index (χ1n) is 8.83. The van der Waals surface area contributed by atoms with Gasteiger partial charge in [-0.1, -0.05) is 17.7 Å². The van der Waals surface area contributed by atoms with E-state index in [1.165, 1.54) is 5.56 Å². The summed E-state index contributed by atoms with van der Waals surface area (Å²) in [5.41, 5.74) is 5.87. The number of hydrogen-bond acceptors (Lipinski definition) is 2. The topological polar surface area (TPSA) is 57.8 Å². The van der Waals surface area contributed by atoms with Crippen molar-refractivity contribution in [3.05, 3.63) is 86.3 Å². The maximum absolute atomic E-state index is 12.5. The number of nitrogens with zero attached hydrogens (tertiary/aromatic N) is 2. The molecule has 0 unspecified atom stereocenters. The molecule has 0 spiro atoms. The maximum Gasteiger partial charge on any atom is 0.266 e. The summed E-state index contributed by atoms with van der Waals surface area (Å²) in [6, 6.07) is 19.7. The van der Waals surface area contributed by atoms with Crippen LogP contribution in [0.1, 0.15) is 22.5 Å². The molecule has 4 nitrogen and oxygen atoms in total. The zero-order chi connectivity index (χ0) is 20.3. The van der Waals surface area contributed by atoms with Gasteiger partial charge >= 0.3 is 0 Å². The third kappa shape index (κ3) is 4.34. The van der Waals surface area contributed by atoms with Crippen LogP contribution < -0.4 is 5.32 Å². The predicted molar refractivity (Wildman–Crippen MR) is 121 cm³/mol. The Labute approximate surface area is 178 Å². The van der Waals surface area contributed by atoms with E-state index in [9.17, 15) is 10.1 Å². The quantitative estimate of drug-likeness (QED) is 0.302. The van der Waals surface area contributed by atoms with Crippen LogP contribution in [0.5, 0.6) is 0 Å². The van der Waals surface area contributed by atoms with Crippen LogP contribution in [0.3, 0.4) is 0 Å². The number of carbonyl (C=O) groups is 1. The van der Waals surface area contributed by atoms with E-state index in [-0.39, 0.29) is 5.57 Å². The lowest BCUT2D eigenvalue weighted by Gasteiger charge is -2.10. The minimum atomic E-state index is -0.413. The monoisotopic (exact) mass is 481 g/mol. The third-order valence-electron chi connectivity index (χ3n) is 4.53. The molecule has 0 fully saturated rings. The van der Waals surface area contributed by atoms with Crippen LogP contribution in [0, 0.1) is 35.7 Å². The fourth-order valence-electron chi connectivity index (χ4n) is 3.06. The molecule has 0 saturated carbocycles. The summed E-state index contributed by atoms with van der Waals surface area (Å²) < 4.78 is 3.20. The summed E-state index contributed by atoms with van der Waals surface area (Å²) in [6.07, 6.45) is 1.65. The van der Waals surface area contributed by atoms with Crippen LogP contribution in [0.2, 0.25) is 0 Å². The molecule has 3 aromatic rings. The fraction of sp³-hybridized carbons (Fsp3) is 0.130. The Balaban J connectivity index is 1.91. The lowest BCUT2D eigenvalue weighted by molar-refractivity contribution is -0.112. The number of anilines is 1. The zero-order valence-electron chi connectivity index (χ0n) is 16.0. The summed E-state index contributed by atoms with van der Waals surface area (Å²) in [6.45, 7) is 6.06. The molecule has 0 aliphatic carbocycles. The first-order valence-corrected chi connectivity index (χ1v) is 9.91. The average molecular weight is 481 g/mol. The number of halogens is 1. The van der Waals surface area contributed by atoms with Gasteiger partial charge in [0.2, 0.25) is 0 Å². The second-order valence-electron chi connectivity index (χ2n) is 6.63. The Hall–Kier alpha value is -2.85. The number of aromatic nitrogens is 1. The van der Waals surface area contributed by atoms with E-state index in [0.717, 1.165) is 26.2 Å². The van der Waals surface area contributed by atoms with Crippen molar-refractivity contribution in [1.82, 2.24) is 4.57 Å². The molecular weight excluding hydrogens is 461 g/mol. The summed E-state index contributed by atoms with van der Waals surface area (Å²) >= 11 is 2.20. The van der Waals surface area contributed by atoms with Crippen molar-refractivity contribution in [2.24, 2.45) is 0 Å². The van der Waals surface area contributed by atoms with E-state index in [1.54, 1.807) is 6.08 Å². The number of aryl methyl sites for hydroxylation is 2. The molecule has 5 heteroatoms. The smallest absolute Gasteiger partial charge is 0.266 e. The summed E-state index contributed by atoms with van der Waals surface area (Å²) in [5.74, 6) is -0.413. The van der Waals surface area contributed by atoms with Crippen LogP contribution in [0.15, 0.2) is 60.2 Å². The van der Waals surface area contributed by atoms with Crippen LogP contribution in [-0.4, -0.2) is 10.5 Å². The van der Waals surface area contributed by atoms with E-state index in [0.29, 0.717) is 5.69 Å². The van der Waals surface area contributed by atoms with Crippen LogP contribution in [0.25, 0.3) is 11.8 Å². The Bertz CT molecular complexity index is 1080. The van der Waals surface area contributed by atoms with Gasteiger partial charge in [0, 0.05) is 26.3 Å². The molecule has 0 atom stereocenters. The van der Waals surface area contributed by atoms with Gasteiger partial charge in [0.25, 0.3) is 5.91 Å². The lowest BCUT2D eigenvalue weighted by atomic mass is 10.1. The minimum absolute atomic E-state index is 0.0720. The van der Waals surface area contributed by atoms with Gasteiger partial charge in [0.05, 0.1) is 0 Å². The molecule has 0 aliphatic rings. The van der Waals surface area contributed by atoms with Gasteiger partial charge in [-0.2, -0.15) is 5.26 Å². The molecule has 140 valence electrons. The van der Waals surface area contributed by atoms with Gasteiger partial charge in [-0.25, -0.2) is 0 Å². The van der Waals surface area contributed by atoms with E-state index in [1.807, 2.05) is 50.2 Å². The van der Waals surface area contributed by atoms with Crippen molar-refractivity contribution in [3.8, 4) is 11.8 Å². The highest BCUT2D eigenvalue weighted by atomic mass is 127. The summed E-state index contributed by atoms with van der Waals surface area (Å²) in [7, 11) is 0. The van der Waals surface area contributed by atoms with E-state index >= 15 is 0 Å². The van der Waals surface area contributed by atoms with Gasteiger partial charge in [0.15, 0.2) is 0 Å². The van der Waals surface area contributed by atoms with Crippen LogP contribution >= 0.6 is 22.6 Å². The fourth-order valence-corrected chi connectivity index (χ4v) is 3.42. The maximum atomic E-state index is 12.5. The first-order chi connectivity index (χ1) is 13.4. The average Bonchev–Trinajstić information content (AvgIpc) is 2.95. The summed E-state index contributed by atoms with van der Waals surface area (Å²) in [4.78, 5) is 12.5. The van der Waals surface area contributed by atoms with Crippen LogP contribution in [-0.2, 0) is 4.79 Å².